The van der Waals surface area contributed by atoms with Crippen molar-refractivity contribution in [2.24, 2.45) is 0 Å². The summed E-state index contributed by atoms with van der Waals surface area (Å²) in [6, 6.07) is 7.41. The SMILES string of the molecule is [N-]=[N+]=CC(=O)CCc1[nH]c2ccccc2c1CC(=O)O. The summed E-state index contributed by atoms with van der Waals surface area (Å²) < 4.78 is 0. The Kier molecular flexibility index (Phi) is 4.08. The molecule has 0 aliphatic carbocycles. The van der Waals surface area contributed by atoms with Crippen LogP contribution in [0, 0.1) is 0 Å². The van der Waals surface area contributed by atoms with Gasteiger partial charge in [-0.15, -0.1) is 0 Å². The van der Waals surface area contributed by atoms with Gasteiger partial charge in [0, 0.05) is 23.0 Å². The van der Waals surface area contributed by atoms with Gasteiger partial charge >= 0.3 is 12.2 Å². The molecule has 0 bridgehead atoms. The van der Waals surface area contributed by atoms with Crippen LogP contribution in [0.1, 0.15) is 17.7 Å². The van der Waals surface area contributed by atoms with E-state index in [0.29, 0.717) is 12.0 Å². The molecule has 2 N–H and O–H groups in total. The van der Waals surface area contributed by atoms with Crippen molar-refractivity contribution < 1.29 is 19.5 Å². The maximum atomic E-state index is 11.3. The highest BCUT2D eigenvalue weighted by Crippen LogP contribution is 2.24. The molecule has 0 aliphatic rings. The fraction of sp³-hybridized carbons (Fsp3) is 0.214. The van der Waals surface area contributed by atoms with Gasteiger partial charge in [-0.05, 0) is 18.1 Å². The van der Waals surface area contributed by atoms with E-state index in [4.69, 9.17) is 10.6 Å². The van der Waals surface area contributed by atoms with Gasteiger partial charge in [0.2, 0.25) is 5.78 Å². The zero-order valence-electron chi connectivity index (χ0n) is 10.7. The lowest BCUT2D eigenvalue weighted by Gasteiger charge is -2.00. The minimum absolute atomic E-state index is 0.0956. The van der Waals surface area contributed by atoms with Crippen molar-refractivity contribution in [3.63, 3.8) is 0 Å². The number of fused-ring (bicyclic) bond motifs is 1. The summed E-state index contributed by atoms with van der Waals surface area (Å²) in [5, 5.41) is 9.85. The normalized spacial score (nSPS) is 10.2. The third kappa shape index (κ3) is 2.99. The number of rotatable bonds is 6. The number of aliphatic carboxylic acids is 1. The molecule has 0 unspecified atom stereocenters. The first-order valence-corrected chi connectivity index (χ1v) is 6.12. The number of carboxylic acids is 1. The zero-order valence-corrected chi connectivity index (χ0v) is 10.7. The Labute approximate surface area is 114 Å². The zero-order chi connectivity index (χ0) is 14.5. The van der Waals surface area contributed by atoms with Gasteiger partial charge in [0.15, 0.2) is 0 Å². The van der Waals surface area contributed by atoms with Crippen LogP contribution in [0.5, 0.6) is 0 Å². The molecular formula is C14H13N3O3. The van der Waals surface area contributed by atoms with Crippen molar-refractivity contribution >= 4 is 28.9 Å². The standard InChI is InChI=1S/C14H13N3O3/c15-16-8-9(18)5-6-13-11(7-14(19)20)10-3-1-2-4-12(10)17-13/h1-4,8,17H,5-7H2,(H,19,20). The third-order valence-corrected chi connectivity index (χ3v) is 3.05. The van der Waals surface area contributed by atoms with Crippen molar-refractivity contribution in [3.05, 3.63) is 41.1 Å². The summed E-state index contributed by atoms with van der Waals surface area (Å²) in [6.07, 6.45) is 1.28. The number of benzene rings is 1. The van der Waals surface area contributed by atoms with Crippen LogP contribution in [-0.2, 0) is 22.4 Å². The third-order valence-electron chi connectivity index (χ3n) is 3.05. The second-order valence-electron chi connectivity index (χ2n) is 4.41. The van der Waals surface area contributed by atoms with Crippen LogP contribution in [0.3, 0.4) is 0 Å². The van der Waals surface area contributed by atoms with E-state index < -0.39 is 5.97 Å². The molecule has 2 aromatic rings. The van der Waals surface area contributed by atoms with Crippen LogP contribution in [0.25, 0.3) is 16.4 Å². The number of carboxylic acid groups (broad SMARTS) is 1. The summed E-state index contributed by atoms with van der Waals surface area (Å²) in [5.74, 6) is -1.23. The summed E-state index contributed by atoms with van der Waals surface area (Å²) in [7, 11) is 0. The number of nitrogens with zero attached hydrogens (tertiary/aromatic N) is 2. The topological polar surface area (TPSA) is 107 Å². The van der Waals surface area contributed by atoms with E-state index in [2.05, 4.69) is 9.77 Å². The van der Waals surface area contributed by atoms with Gasteiger partial charge < -0.3 is 15.6 Å². The number of para-hydroxylation sites is 1. The average Bonchev–Trinajstić information content (AvgIpc) is 2.75. The highest BCUT2D eigenvalue weighted by Gasteiger charge is 2.15. The van der Waals surface area contributed by atoms with Crippen LogP contribution in [0.15, 0.2) is 24.3 Å². The van der Waals surface area contributed by atoms with Gasteiger partial charge in [0.05, 0.1) is 6.42 Å². The van der Waals surface area contributed by atoms with Gasteiger partial charge in [-0.3, -0.25) is 9.59 Å². The molecule has 0 atom stereocenters. The second-order valence-corrected chi connectivity index (χ2v) is 4.41. The van der Waals surface area contributed by atoms with Crippen molar-refractivity contribution in [2.75, 3.05) is 0 Å². The van der Waals surface area contributed by atoms with Crippen molar-refractivity contribution in [3.8, 4) is 0 Å². The fourth-order valence-electron chi connectivity index (χ4n) is 2.20. The minimum atomic E-state index is -0.917. The Balaban J connectivity index is 2.33. The monoisotopic (exact) mass is 271 g/mol. The van der Waals surface area contributed by atoms with E-state index in [1.807, 2.05) is 24.3 Å². The number of nitrogens with one attached hydrogen (secondary N) is 1. The van der Waals surface area contributed by atoms with E-state index in [-0.39, 0.29) is 18.6 Å². The lowest BCUT2D eigenvalue weighted by Crippen LogP contribution is -2.06. The molecule has 6 heteroatoms. The van der Waals surface area contributed by atoms with E-state index in [1.165, 1.54) is 0 Å². The second kappa shape index (κ2) is 5.95. The molecule has 0 spiro atoms. The maximum absolute atomic E-state index is 11.3. The minimum Gasteiger partial charge on any atom is -0.481 e. The molecule has 0 fully saturated rings. The predicted octanol–water partition coefficient (Wildman–Crippen LogP) is 1.60. The van der Waals surface area contributed by atoms with Crippen molar-refractivity contribution in [2.45, 2.75) is 19.3 Å². The Morgan fingerprint density at radius 2 is 2.10 bits per heavy atom. The Bertz CT molecular complexity index is 712. The average molecular weight is 271 g/mol. The summed E-state index contributed by atoms with van der Waals surface area (Å²) >= 11 is 0. The van der Waals surface area contributed by atoms with E-state index in [0.717, 1.165) is 22.8 Å². The lowest BCUT2D eigenvalue weighted by molar-refractivity contribution is -0.136. The van der Waals surface area contributed by atoms with E-state index in [9.17, 15) is 9.59 Å². The molecule has 0 amide bonds. The smallest absolute Gasteiger partial charge is 0.323 e. The molecule has 102 valence electrons. The number of hydrogen-bond donors (Lipinski definition) is 2. The number of aromatic amines is 1. The number of aryl methyl sites for hydroxylation is 1. The van der Waals surface area contributed by atoms with Crippen LogP contribution >= 0.6 is 0 Å². The first-order valence-electron chi connectivity index (χ1n) is 6.12. The number of hydrogen-bond acceptors (Lipinski definition) is 2. The van der Waals surface area contributed by atoms with Crippen LogP contribution < -0.4 is 0 Å². The molecule has 1 aromatic carbocycles. The molecule has 1 heterocycles. The number of aromatic nitrogens is 1. The highest BCUT2D eigenvalue weighted by atomic mass is 16.4. The summed E-state index contributed by atoms with van der Waals surface area (Å²) in [6.45, 7) is 0. The number of H-pyrrole nitrogens is 1. The Morgan fingerprint density at radius 1 is 1.35 bits per heavy atom. The molecule has 0 saturated heterocycles. The molecule has 0 saturated carbocycles. The Morgan fingerprint density at radius 3 is 2.80 bits per heavy atom. The molecular weight excluding hydrogens is 258 g/mol. The first-order chi connectivity index (χ1) is 9.61. The van der Waals surface area contributed by atoms with Crippen LogP contribution in [0.2, 0.25) is 0 Å². The molecule has 1 aromatic heterocycles. The van der Waals surface area contributed by atoms with Gasteiger partial charge in [-0.25, -0.2) is 0 Å². The quantitative estimate of drug-likeness (QED) is 0.473. The van der Waals surface area contributed by atoms with Gasteiger partial charge in [0.1, 0.15) is 0 Å². The number of Topliss-reactive ketones (excluding diaryl/α,β-unsaturated/α-hetero) is 1. The highest BCUT2D eigenvalue weighted by molar-refractivity contribution is 6.25. The molecule has 0 radical (unpaired) electrons. The number of carbonyl (C=O) groups excluding carboxylic acids is 1. The molecule has 2 rings (SSSR count). The summed E-state index contributed by atoms with van der Waals surface area (Å²) in [5.41, 5.74) is 10.6. The van der Waals surface area contributed by atoms with Gasteiger partial charge in [-0.2, -0.15) is 4.79 Å². The molecule has 0 aliphatic heterocycles. The van der Waals surface area contributed by atoms with Gasteiger partial charge in [-0.1, -0.05) is 18.2 Å². The largest absolute Gasteiger partial charge is 0.481 e. The van der Waals surface area contributed by atoms with Crippen molar-refractivity contribution in [1.82, 2.24) is 4.98 Å². The lowest BCUT2D eigenvalue weighted by atomic mass is 10.0. The maximum Gasteiger partial charge on any atom is 0.323 e. The van der Waals surface area contributed by atoms with E-state index in [1.54, 1.807) is 0 Å². The number of ketones is 1. The predicted molar refractivity (Wildman–Crippen MR) is 72.6 cm³/mol. The summed E-state index contributed by atoms with van der Waals surface area (Å²) in [4.78, 5) is 28.1. The Hall–Kier alpha value is -2.72. The molecule has 6 nitrogen and oxygen atoms in total. The van der Waals surface area contributed by atoms with E-state index >= 15 is 0 Å². The first kappa shape index (κ1) is 13.7. The fourth-order valence-corrected chi connectivity index (χ4v) is 2.20. The van der Waals surface area contributed by atoms with Crippen LogP contribution in [0.4, 0.5) is 0 Å². The van der Waals surface area contributed by atoms with Crippen molar-refractivity contribution in [1.29, 1.82) is 0 Å². The van der Waals surface area contributed by atoms with Crippen LogP contribution in [-0.4, -0.2) is 32.8 Å². The van der Waals surface area contributed by atoms with Gasteiger partial charge in [0.25, 0.3) is 0 Å². The number of carbonyl (C=O) groups is 2. The molecule has 20 heavy (non-hydrogen) atoms.